The van der Waals surface area contributed by atoms with Gasteiger partial charge < -0.3 is 20.9 Å². The van der Waals surface area contributed by atoms with Crippen molar-refractivity contribution in [2.45, 2.75) is 18.5 Å². The molecule has 0 aliphatic heterocycles. The first-order chi connectivity index (χ1) is 14.4. The van der Waals surface area contributed by atoms with E-state index in [0.29, 0.717) is 16.4 Å². The molecule has 3 aromatic rings. The van der Waals surface area contributed by atoms with Crippen LogP contribution in [0.4, 0.5) is 9.18 Å². The number of nitrogens with one attached hydrogen (secondary N) is 2. The maximum Gasteiger partial charge on any atom is 0.312 e. The Bertz CT molecular complexity index is 1060. The number of halogens is 2. The van der Waals surface area contributed by atoms with Gasteiger partial charge in [-0.05, 0) is 17.7 Å². The number of urea groups is 1. The predicted molar refractivity (Wildman–Crippen MR) is 111 cm³/mol. The van der Waals surface area contributed by atoms with E-state index >= 15 is 0 Å². The molecule has 0 radical (unpaired) electrons. The van der Waals surface area contributed by atoms with Crippen molar-refractivity contribution in [1.82, 2.24) is 20.2 Å². The summed E-state index contributed by atoms with van der Waals surface area (Å²) in [6.07, 6.45) is 3.12. The number of nitrogens with zero attached hydrogens (tertiary/aromatic N) is 2. The largest absolute Gasteiger partial charge is 0.352 e. The second-order valence-electron chi connectivity index (χ2n) is 6.71. The number of imidazole rings is 1. The van der Waals surface area contributed by atoms with Crippen molar-refractivity contribution >= 4 is 23.5 Å². The summed E-state index contributed by atoms with van der Waals surface area (Å²) in [6.45, 7) is 0. The molecule has 0 unspecified atom stereocenters. The van der Waals surface area contributed by atoms with E-state index in [4.69, 9.17) is 17.3 Å². The van der Waals surface area contributed by atoms with Crippen LogP contribution in [0, 0.1) is 5.82 Å². The summed E-state index contributed by atoms with van der Waals surface area (Å²) in [5.74, 6) is -0.445. The van der Waals surface area contributed by atoms with Gasteiger partial charge in [-0.25, -0.2) is 14.2 Å². The third-order valence-electron chi connectivity index (χ3n) is 4.62. The zero-order valence-electron chi connectivity index (χ0n) is 16.2. The molecule has 156 valence electrons. The Hall–Kier alpha value is -3.39. The molecule has 0 aliphatic carbocycles. The van der Waals surface area contributed by atoms with Gasteiger partial charge in [-0.15, -0.1) is 0 Å². The molecule has 1 heterocycles. The molecule has 9 heteroatoms. The molecule has 30 heavy (non-hydrogen) atoms. The Morgan fingerprint density at radius 3 is 2.40 bits per heavy atom. The van der Waals surface area contributed by atoms with E-state index in [9.17, 15) is 14.0 Å². The third kappa shape index (κ3) is 4.96. The lowest BCUT2D eigenvalue weighted by Crippen LogP contribution is -2.38. The van der Waals surface area contributed by atoms with Crippen LogP contribution in [0.3, 0.4) is 0 Å². The van der Waals surface area contributed by atoms with Crippen LogP contribution in [0.2, 0.25) is 5.02 Å². The SMILES string of the molecule is Cn1ccnc1[C@@H](NC(=O)C[C@@H](NC(N)=O)c1ccccc1Cl)c1ccccc1F. The van der Waals surface area contributed by atoms with Crippen molar-refractivity contribution in [3.05, 3.63) is 88.7 Å². The number of amides is 3. The highest BCUT2D eigenvalue weighted by atomic mass is 35.5. The summed E-state index contributed by atoms with van der Waals surface area (Å²) in [4.78, 5) is 28.6. The van der Waals surface area contributed by atoms with Gasteiger partial charge in [0.15, 0.2) is 0 Å². The molecule has 0 aliphatic rings. The first-order valence-corrected chi connectivity index (χ1v) is 9.56. The topological polar surface area (TPSA) is 102 Å². The lowest BCUT2D eigenvalue weighted by atomic mass is 10.0. The minimum atomic E-state index is -0.820. The number of carbonyl (C=O) groups excluding carboxylic acids is 2. The Kier molecular flexibility index (Phi) is 6.68. The Balaban J connectivity index is 1.88. The molecule has 0 saturated carbocycles. The average Bonchev–Trinajstić information content (AvgIpc) is 3.12. The fraction of sp³-hybridized carbons (Fsp3) is 0.190. The lowest BCUT2D eigenvalue weighted by molar-refractivity contribution is -0.122. The lowest BCUT2D eigenvalue weighted by Gasteiger charge is -2.23. The second kappa shape index (κ2) is 9.41. The molecule has 7 nitrogen and oxygen atoms in total. The van der Waals surface area contributed by atoms with Crippen LogP contribution in [0.1, 0.15) is 35.5 Å². The van der Waals surface area contributed by atoms with Gasteiger partial charge in [0.05, 0.1) is 12.5 Å². The standard InChI is InChI=1S/C21H21ClFN5O2/c1-28-11-10-25-20(28)19(14-7-3-5-9-16(14)23)27-18(29)12-17(26-21(24)30)13-6-2-4-8-15(13)22/h2-11,17,19H,12H2,1H3,(H,27,29)(H3,24,26,30)/t17-,19+/m1/s1. The van der Waals surface area contributed by atoms with Crippen molar-refractivity contribution in [3.63, 3.8) is 0 Å². The number of primary amides is 1. The van der Waals surface area contributed by atoms with E-state index in [1.165, 1.54) is 6.07 Å². The van der Waals surface area contributed by atoms with Crippen molar-refractivity contribution in [3.8, 4) is 0 Å². The Labute approximate surface area is 178 Å². The van der Waals surface area contributed by atoms with Crippen LogP contribution in [0.15, 0.2) is 60.9 Å². The number of carbonyl (C=O) groups is 2. The minimum absolute atomic E-state index is 0.151. The van der Waals surface area contributed by atoms with Crippen LogP contribution in [-0.4, -0.2) is 21.5 Å². The summed E-state index contributed by atoms with van der Waals surface area (Å²) in [6, 6.07) is 10.6. The van der Waals surface area contributed by atoms with E-state index in [-0.39, 0.29) is 12.0 Å². The molecule has 3 rings (SSSR count). The quantitative estimate of drug-likeness (QED) is 0.537. The van der Waals surface area contributed by atoms with E-state index in [1.807, 2.05) is 0 Å². The van der Waals surface area contributed by atoms with Crippen molar-refractivity contribution in [2.75, 3.05) is 0 Å². The summed E-state index contributed by atoms with van der Waals surface area (Å²) in [7, 11) is 1.75. The number of benzene rings is 2. The van der Waals surface area contributed by atoms with Crippen molar-refractivity contribution in [2.24, 2.45) is 12.8 Å². The summed E-state index contributed by atoms with van der Waals surface area (Å²) in [5, 5.41) is 5.74. The molecule has 0 saturated heterocycles. The van der Waals surface area contributed by atoms with E-state index in [0.717, 1.165) is 0 Å². The summed E-state index contributed by atoms with van der Waals surface area (Å²) >= 11 is 6.22. The first kappa shape index (κ1) is 21.3. The van der Waals surface area contributed by atoms with Crippen LogP contribution in [-0.2, 0) is 11.8 Å². The number of nitrogens with two attached hydrogens (primary N) is 1. The number of hydrogen-bond donors (Lipinski definition) is 3. The van der Waals surface area contributed by atoms with Gasteiger partial charge in [-0.2, -0.15) is 0 Å². The molecule has 4 N–H and O–H groups in total. The van der Waals surface area contributed by atoms with E-state index < -0.39 is 29.8 Å². The third-order valence-corrected chi connectivity index (χ3v) is 4.97. The number of aryl methyl sites for hydroxylation is 1. The number of hydrogen-bond acceptors (Lipinski definition) is 3. The molecule has 3 amide bonds. The second-order valence-corrected chi connectivity index (χ2v) is 7.11. The van der Waals surface area contributed by atoms with Crippen LogP contribution in [0.5, 0.6) is 0 Å². The highest BCUT2D eigenvalue weighted by Gasteiger charge is 2.26. The van der Waals surface area contributed by atoms with Crippen LogP contribution >= 0.6 is 11.6 Å². The Morgan fingerprint density at radius 1 is 1.13 bits per heavy atom. The fourth-order valence-corrected chi connectivity index (χ4v) is 3.49. The van der Waals surface area contributed by atoms with Gasteiger partial charge in [0.25, 0.3) is 0 Å². The van der Waals surface area contributed by atoms with Gasteiger partial charge in [-0.3, -0.25) is 4.79 Å². The fourth-order valence-electron chi connectivity index (χ4n) is 3.22. The molecule has 2 aromatic carbocycles. The van der Waals surface area contributed by atoms with Gasteiger partial charge in [0, 0.05) is 30.0 Å². The molecular weight excluding hydrogens is 409 g/mol. The maximum atomic E-state index is 14.5. The van der Waals surface area contributed by atoms with Crippen LogP contribution < -0.4 is 16.4 Å². The summed E-state index contributed by atoms with van der Waals surface area (Å²) < 4.78 is 16.2. The van der Waals surface area contributed by atoms with Gasteiger partial charge >= 0.3 is 6.03 Å². The van der Waals surface area contributed by atoms with Crippen LogP contribution in [0.25, 0.3) is 0 Å². The highest BCUT2D eigenvalue weighted by Crippen LogP contribution is 2.27. The normalized spacial score (nSPS) is 12.8. The first-order valence-electron chi connectivity index (χ1n) is 9.18. The monoisotopic (exact) mass is 429 g/mol. The van der Waals surface area contributed by atoms with E-state index in [2.05, 4.69) is 15.6 Å². The maximum absolute atomic E-state index is 14.5. The minimum Gasteiger partial charge on any atom is -0.352 e. The molecule has 0 bridgehead atoms. The molecule has 1 aromatic heterocycles. The smallest absolute Gasteiger partial charge is 0.312 e. The zero-order chi connectivity index (χ0) is 21.7. The molecule has 2 atom stereocenters. The van der Waals surface area contributed by atoms with Gasteiger partial charge in [0.2, 0.25) is 5.91 Å². The van der Waals surface area contributed by atoms with Gasteiger partial charge in [0.1, 0.15) is 17.7 Å². The highest BCUT2D eigenvalue weighted by molar-refractivity contribution is 6.31. The van der Waals surface area contributed by atoms with Crippen molar-refractivity contribution in [1.29, 1.82) is 0 Å². The van der Waals surface area contributed by atoms with Crippen molar-refractivity contribution < 1.29 is 14.0 Å². The molecule has 0 spiro atoms. The molecule has 0 fully saturated rings. The number of rotatable bonds is 7. The van der Waals surface area contributed by atoms with E-state index in [1.54, 1.807) is 66.5 Å². The van der Waals surface area contributed by atoms with Gasteiger partial charge in [-0.1, -0.05) is 48.0 Å². The summed E-state index contributed by atoms with van der Waals surface area (Å²) in [5.41, 5.74) is 6.10. The number of aromatic nitrogens is 2. The average molecular weight is 430 g/mol. The Morgan fingerprint density at radius 2 is 1.80 bits per heavy atom. The molecular formula is C21H21ClFN5O2. The zero-order valence-corrected chi connectivity index (χ0v) is 16.9. The predicted octanol–water partition coefficient (Wildman–Crippen LogP) is 3.22.